The van der Waals surface area contributed by atoms with Crippen molar-refractivity contribution < 1.29 is 9.84 Å². The number of hydrogen-bond acceptors (Lipinski definition) is 3. The van der Waals surface area contributed by atoms with E-state index in [9.17, 15) is 5.11 Å². The molecule has 82 valence electrons. The fourth-order valence-electron chi connectivity index (χ4n) is 1.86. The van der Waals surface area contributed by atoms with Gasteiger partial charge in [-0.3, -0.25) is 0 Å². The molecule has 0 radical (unpaired) electrons. The number of ether oxygens (including phenoxy) is 1. The predicted octanol–water partition coefficient (Wildman–Crippen LogP) is 2.29. The van der Waals surface area contributed by atoms with E-state index < -0.39 is 0 Å². The van der Waals surface area contributed by atoms with Gasteiger partial charge in [0.05, 0.1) is 6.10 Å². The van der Waals surface area contributed by atoms with Crippen LogP contribution in [0.2, 0.25) is 0 Å². The molecular formula is C12H17NO2. The van der Waals surface area contributed by atoms with Crippen LogP contribution in [0.15, 0.2) is 18.2 Å². The zero-order valence-corrected chi connectivity index (χ0v) is 9.16. The second kappa shape index (κ2) is 4.11. The zero-order chi connectivity index (χ0) is 10.8. The predicted molar refractivity (Wildman–Crippen MR) is 60.3 cm³/mol. The summed E-state index contributed by atoms with van der Waals surface area (Å²) in [6.45, 7) is 1.90. The van der Waals surface area contributed by atoms with Crippen LogP contribution in [0.1, 0.15) is 18.4 Å². The first kappa shape index (κ1) is 10.3. The number of methoxy groups -OCH3 is 1. The van der Waals surface area contributed by atoms with Crippen LogP contribution in [0, 0.1) is 6.92 Å². The summed E-state index contributed by atoms with van der Waals surface area (Å²) in [7, 11) is 1.76. The minimum absolute atomic E-state index is 0.351. The standard InChI is InChI=1S/C12H17NO2/c1-8-5-9(3-4-12(8)14)13-10-6-11(7-10)15-2/h3-5,10-11,13-14H,6-7H2,1-2H3. The molecule has 0 bridgehead atoms. The molecule has 2 rings (SSSR count). The highest BCUT2D eigenvalue weighted by atomic mass is 16.5. The van der Waals surface area contributed by atoms with E-state index in [1.807, 2.05) is 19.1 Å². The van der Waals surface area contributed by atoms with Gasteiger partial charge >= 0.3 is 0 Å². The molecule has 0 heterocycles. The number of aryl methyl sites for hydroxylation is 1. The van der Waals surface area contributed by atoms with Crippen LogP contribution in [0.3, 0.4) is 0 Å². The lowest BCUT2D eigenvalue weighted by Crippen LogP contribution is -2.40. The Labute approximate surface area is 90.1 Å². The molecule has 0 atom stereocenters. The molecule has 1 aliphatic carbocycles. The van der Waals surface area contributed by atoms with E-state index >= 15 is 0 Å². The third-order valence-corrected chi connectivity index (χ3v) is 3.00. The van der Waals surface area contributed by atoms with Crippen molar-refractivity contribution in [3.63, 3.8) is 0 Å². The fraction of sp³-hybridized carbons (Fsp3) is 0.500. The molecule has 1 saturated carbocycles. The largest absolute Gasteiger partial charge is 0.508 e. The highest BCUT2D eigenvalue weighted by Crippen LogP contribution is 2.28. The third kappa shape index (κ3) is 2.23. The summed E-state index contributed by atoms with van der Waals surface area (Å²) < 4.78 is 5.22. The van der Waals surface area contributed by atoms with Crippen molar-refractivity contribution >= 4 is 5.69 Å². The molecule has 3 nitrogen and oxygen atoms in total. The van der Waals surface area contributed by atoms with Crippen molar-refractivity contribution in [2.24, 2.45) is 0 Å². The van der Waals surface area contributed by atoms with Gasteiger partial charge in [0.2, 0.25) is 0 Å². The summed E-state index contributed by atoms with van der Waals surface area (Å²) in [5.74, 6) is 0.351. The Morgan fingerprint density at radius 1 is 1.40 bits per heavy atom. The molecule has 0 saturated heterocycles. The molecule has 0 aliphatic heterocycles. The summed E-state index contributed by atoms with van der Waals surface area (Å²) in [5.41, 5.74) is 1.98. The minimum atomic E-state index is 0.351. The van der Waals surface area contributed by atoms with Gasteiger partial charge in [0, 0.05) is 18.8 Å². The number of anilines is 1. The van der Waals surface area contributed by atoms with E-state index in [0.717, 1.165) is 24.1 Å². The van der Waals surface area contributed by atoms with Crippen LogP contribution in [-0.4, -0.2) is 24.4 Å². The molecule has 1 aromatic carbocycles. The van der Waals surface area contributed by atoms with Crippen molar-refractivity contribution in [2.45, 2.75) is 31.9 Å². The van der Waals surface area contributed by atoms with Crippen molar-refractivity contribution in [3.8, 4) is 5.75 Å². The quantitative estimate of drug-likeness (QED) is 0.747. The number of nitrogens with one attached hydrogen (secondary N) is 1. The summed E-state index contributed by atoms with van der Waals surface area (Å²) in [6, 6.07) is 6.11. The van der Waals surface area contributed by atoms with Crippen molar-refractivity contribution in [1.82, 2.24) is 0 Å². The maximum Gasteiger partial charge on any atom is 0.118 e. The Bertz CT molecular complexity index is 345. The first-order valence-corrected chi connectivity index (χ1v) is 5.28. The smallest absolute Gasteiger partial charge is 0.118 e. The minimum Gasteiger partial charge on any atom is -0.508 e. The van der Waals surface area contributed by atoms with Crippen LogP contribution in [0.25, 0.3) is 0 Å². The lowest BCUT2D eigenvalue weighted by atomic mass is 9.89. The van der Waals surface area contributed by atoms with Gasteiger partial charge < -0.3 is 15.2 Å². The van der Waals surface area contributed by atoms with E-state index in [2.05, 4.69) is 5.32 Å². The van der Waals surface area contributed by atoms with Gasteiger partial charge in [-0.15, -0.1) is 0 Å². The number of phenolic OH excluding ortho intramolecular Hbond substituents is 1. The molecule has 1 aliphatic rings. The van der Waals surface area contributed by atoms with E-state index in [-0.39, 0.29) is 0 Å². The summed E-state index contributed by atoms with van der Waals surface area (Å²) in [5, 5.41) is 12.8. The molecule has 2 N–H and O–H groups in total. The Hall–Kier alpha value is -1.22. The maximum absolute atomic E-state index is 9.38. The average molecular weight is 207 g/mol. The van der Waals surface area contributed by atoms with Crippen LogP contribution >= 0.6 is 0 Å². The van der Waals surface area contributed by atoms with Gasteiger partial charge in [0.1, 0.15) is 5.75 Å². The second-order valence-corrected chi connectivity index (χ2v) is 4.17. The SMILES string of the molecule is COC1CC(Nc2ccc(O)c(C)c2)C1. The Morgan fingerprint density at radius 2 is 2.13 bits per heavy atom. The molecule has 0 aromatic heterocycles. The highest BCUT2D eigenvalue weighted by molar-refractivity contribution is 5.51. The number of benzene rings is 1. The maximum atomic E-state index is 9.38. The first-order chi connectivity index (χ1) is 7.19. The molecule has 0 spiro atoms. The Morgan fingerprint density at radius 3 is 2.73 bits per heavy atom. The van der Waals surface area contributed by atoms with Gasteiger partial charge in [-0.05, 0) is 43.5 Å². The van der Waals surface area contributed by atoms with Crippen molar-refractivity contribution in [3.05, 3.63) is 23.8 Å². The molecule has 0 unspecified atom stereocenters. The number of phenols is 1. The topological polar surface area (TPSA) is 41.5 Å². The molecule has 1 aromatic rings. The Balaban J connectivity index is 1.92. The normalized spacial score (nSPS) is 24.7. The van der Waals surface area contributed by atoms with E-state index in [1.54, 1.807) is 13.2 Å². The third-order valence-electron chi connectivity index (χ3n) is 3.00. The van der Waals surface area contributed by atoms with Gasteiger partial charge in [0.15, 0.2) is 0 Å². The van der Waals surface area contributed by atoms with Crippen molar-refractivity contribution in [1.29, 1.82) is 0 Å². The van der Waals surface area contributed by atoms with E-state index in [4.69, 9.17) is 4.74 Å². The van der Waals surface area contributed by atoms with Crippen LogP contribution in [-0.2, 0) is 4.74 Å². The van der Waals surface area contributed by atoms with Crippen molar-refractivity contribution in [2.75, 3.05) is 12.4 Å². The summed E-state index contributed by atoms with van der Waals surface area (Å²) in [4.78, 5) is 0. The number of aromatic hydroxyl groups is 1. The molecule has 15 heavy (non-hydrogen) atoms. The van der Waals surface area contributed by atoms with Crippen LogP contribution < -0.4 is 5.32 Å². The van der Waals surface area contributed by atoms with Gasteiger partial charge in [-0.25, -0.2) is 0 Å². The summed E-state index contributed by atoms with van der Waals surface area (Å²) in [6.07, 6.45) is 2.55. The Kier molecular flexibility index (Phi) is 2.82. The van der Waals surface area contributed by atoms with Crippen LogP contribution in [0.4, 0.5) is 5.69 Å². The van der Waals surface area contributed by atoms with E-state index in [1.165, 1.54) is 0 Å². The fourth-order valence-corrected chi connectivity index (χ4v) is 1.86. The first-order valence-electron chi connectivity index (χ1n) is 5.28. The number of rotatable bonds is 3. The van der Waals surface area contributed by atoms with Crippen LogP contribution in [0.5, 0.6) is 5.75 Å². The second-order valence-electron chi connectivity index (χ2n) is 4.17. The van der Waals surface area contributed by atoms with E-state index in [0.29, 0.717) is 17.9 Å². The average Bonchev–Trinajstić information content (AvgIpc) is 2.16. The van der Waals surface area contributed by atoms with Gasteiger partial charge in [-0.1, -0.05) is 0 Å². The number of hydrogen-bond donors (Lipinski definition) is 2. The molecule has 0 amide bonds. The zero-order valence-electron chi connectivity index (χ0n) is 9.16. The lowest BCUT2D eigenvalue weighted by molar-refractivity contribution is 0.0329. The highest BCUT2D eigenvalue weighted by Gasteiger charge is 2.28. The molecule has 3 heteroatoms. The lowest BCUT2D eigenvalue weighted by Gasteiger charge is -2.35. The van der Waals surface area contributed by atoms with Gasteiger partial charge in [-0.2, -0.15) is 0 Å². The monoisotopic (exact) mass is 207 g/mol. The molecular weight excluding hydrogens is 190 g/mol. The summed E-state index contributed by atoms with van der Waals surface area (Å²) >= 11 is 0. The van der Waals surface area contributed by atoms with Gasteiger partial charge in [0.25, 0.3) is 0 Å². The molecule has 1 fully saturated rings.